The lowest BCUT2D eigenvalue weighted by molar-refractivity contribution is 0.313. The van der Waals surface area contributed by atoms with Gasteiger partial charge in [-0.15, -0.1) is 0 Å². The summed E-state index contributed by atoms with van der Waals surface area (Å²) < 4.78 is 23.1. The molecular formula is C18H25FN6OS. The first-order chi connectivity index (χ1) is 13.2. The van der Waals surface area contributed by atoms with Crippen molar-refractivity contribution in [2.45, 2.75) is 13.3 Å². The summed E-state index contributed by atoms with van der Waals surface area (Å²) in [5.74, 6) is 2.00. The maximum atomic E-state index is 13.1. The van der Waals surface area contributed by atoms with E-state index in [9.17, 15) is 4.39 Å². The molecule has 0 atom stereocenters. The van der Waals surface area contributed by atoms with Crippen LogP contribution in [0.1, 0.15) is 12.7 Å². The highest BCUT2D eigenvalue weighted by Crippen LogP contribution is 2.19. The van der Waals surface area contributed by atoms with Crippen LogP contribution >= 0.6 is 11.5 Å². The first-order valence-electron chi connectivity index (χ1n) is 9.11. The average Bonchev–Trinajstić information content (AvgIpc) is 3.18. The van der Waals surface area contributed by atoms with Gasteiger partial charge < -0.3 is 19.9 Å². The lowest BCUT2D eigenvalue weighted by Gasteiger charge is -2.36. The number of anilines is 1. The Morgan fingerprint density at radius 2 is 2.15 bits per heavy atom. The number of piperazine rings is 1. The first-order valence-corrected chi connectivity index (χ1v) is 9.88. The van der Waals surface area contributed by atoms with Gasteiger partial charge in [-0.05, 0) is 12.1 Å². The van der Waals surface area contributed by atoms with E-state index in [-0.39, 0.29) is 5.82 Å². The molecule has 0 radical (unpaired) electrons. The number of nitrogens with one attached hydrogen (secondary N) is 1. The Balaban J connectivity index is 1.42. The van der Waals surface area contributed by atoms with Crippen LogP contribution in [0.25, 0.3) is 0 Å². The van der Waals surface area contributed by atoms with Gasteiger partial charge in [-0.3, -0.25) is 4.99 Å². The maximum Gasteiger partial charge on any atom is 0.205 e. The van der Waals surface area contributed by atoms with Gasteiger partial charge in [0.05, 0.1) is 6.54 Å². The lowest BCUT2D eigenvalue weighted by atomic mass is 10.3. The summed E-state index contributed by atoms with van der Waals surface area (Å²) in [6, 6.07) is 6.16. The van der Waals surface area contributed by atoms with E-state index < -0.39 is 0 Å². The van der Waals surface area contributed by atoms with Crippen LogP contribution in [-0.2, 0) is 6.42 Å². The van der Waals surface area contributed by atoms with Gasteiger partial charge in [0.1, 0.15) is 24.0 Å². The van der Waals surface area contributed by atoms with E-state index in [1.165, 1.54) is 23.7 Å². The second-order valence-electron chi connectivity index (χ2n) is 6.10. The Hall–Kier alpha value is -2.42. The van der Waals surface area contributed by atoms with Crippen LogP contribution in [0.5, 0.6) is 5.75 Å². The summed E-state index contributed by atoms with van der Waals surface area (Å²) in [4.78, 5) is 13.4. The van der Waals surface area contributed by atoms with Gasteiger partial charge in [-0.25, -0.2) is 9.37 Å². The highest BCUT2D eigenvalue weighted by molar-refractivity contribution is 7.09. The van der Waals surface area contributed by atoms with E-state index in [4.69, 9.17) is 4.74 Å². The molecule has 7 nitrogen and oxygen atoms in total. The molecule has 1 fully saturated rings. The molecule has 2 aromatic rings. The molecule has 0 spiro atoms. The number of rotatable bonds is 6. The monoisotopic (exact) mass is 392 g/mol. The highest BCUT2D eigenvalue weighted by Gasteiger charge is 2.21. The second-order valence-corrected chi connectivity index (χ2v) is 6.83. The van der Waals surface area contributed by atoms with E-state index in [1.807, 2.05) is 0 Å². The van der Waals surface area contributed by atoms with Crippen molar-refractivity contribution in [1.82, 2.24) is 19.6 Å². The van der Waals surface area contributed by atoms with Crippen molar-refractivity contribution in [1.29, 1.82) is 0 Å². The molecule has 1 aromatic carbocycles. The number of guanidine groups is 1. The SMILES string of the molecule is CCc1nsc(N2CCN(C(=NC)NCCOc3cccc(F)c3)CC2)n1. The Bertz CT molecular complexity index is 760. The molecule has 9 heteroatoms. The highest BCUT2D eigenvalue weighted by atomic mass is 32.1. The van der Waals surface area contributed by atoms with Crippen molar-refractivity contribution in [2.75, 3.05) is 51.3 Å². The Morgan fingerprint density at radius 1 is 1.33 bits per heavy atom. The van der Waals surface area contributed by atoms with Gasteiger partial charge in [0.25, 0.3) is 0 Å². The van der Waals surface area contributed by atoms with Gasteiger partial charge in [0.15, 0.2) is 5.96 Å². The van der Waals surface area contributed by atoms with Crippen molar-refractivity contribution in [3.8, 4) is 5.75 Å². The van der Waals surface area contributed by atoms with E-state index in [1.54, 1.807) is 19.2 Å². The molecule has 2 heterocycles. The molecule has 0 bridgehead atoms. The van der Waals surface area contributed by atoms with Gasteiger partial charge in [0, 0.05) is 57.2 Å². The van der Waals surface area contributed by atoms with Gasteiger partial charge in [-0.1, -0.05) is 13.0 Å². The number of halogens is 1. The van der Waals surface area contributed by atoms with E-state index in [0.29, 0.717) is 18.9 Å². The van der Waals surface area contributed by atoms with Crippen LogP contribution in [0.2, 0.25) is 0 Å². The predicted molar refractivity (Wildman–Crippen MR) is 106 cm³/mol. The molecule has 1 saturated heterocycles. The molecule has 0 amide bonds. The van der Waals surface area contributed by atoms with E-state index in [0.717, 1.165) is 49.5 Å². The predicted octanol–water partition coefficient (Wildman–Crippen LogP) is 2.02. The second kappa shape index (κ2) is 9.50. The Morgan fingerprint density at radius 3 is 2.81 bits per heavy atom. The number of aryl methyl sites for hydroxylation is 1. The summed E-state index contributed by atoms with van der Waals surface area (Å²) in [5, 5.41) is 4.30. The van der Waals surface area contributed by atoms with Crippen molar-refractivity contribution >= 4 is 22.6 Å². The first kappa shape index (κ1) is 19.3. The van der Waals surface area contributed by atoms with Gasteiger partial charge in [-0.2, -0.15) is 4.37 Å². The largest absolute Gasteiger partial charge is 0.492 e. The number of aliphatic imine (C=N–C) groups is 1. The molecule has 0 saturated carbocycles. The summed E-state index contributed by atoms with van der Waals surface area (Å²) in [5.41, 5.74) is 0. The number of aromatic nitrogens is 2. The molecule has 0 unspecified atom stereocenters. The van der Waals surface area contributed by atoms with Crippen LogP contribution in [-0.4, -0.2) is 66.6 Å². The maximum absolute atomic E-state index is 13.1. The number of ether oxygens (including phenoxy) is 1. The summed E-state index contributed by atoms with van der Waals surface area (Å²) in [6.45, 7) is 6.61. The normalized spacial score (nSPS) is 15.1. The molecular weight excluding hydrogens is 367 g/mol. The van der Waals surface area contributed by atoms with Crippen molar-refractivity contribution < 1.29 is 9.13 Å². The van der Waals surface area contributed by atoms with Crippen molar-refractivity contribution in [3.63, 3.8) is 0 Å². The summed E-state index contributed by atoms with van der Waals surface area (Å²) >= 11 is 1.47. The van der Waals surface area contributed by atoms with Crippen LogP contribution in [0, 0.1) is 5.82 Å². The van der Waals surface area contributed by atoms with Crippen LogP contribution in [0.3, 0.4) is 0 Å². The van der Waals surface area contributed by atoms with Gasteiger partial charge in [0.2, 0.25) is 5.13 Å². The summed E-state index contributed by atoms with van der Waals surface area (Å²) in [7, 11) is 1.78. The Labute approximate surface area is 163 Å². The van der Waals surface area contributed by atoms with Crippen molar-refractivity contribution in [2.24, 2.45) is 4.99 Å². The average molecular weight is 393 g/mol. The number of hydrogen-bond donors (Lipinski definition) is 1. The van der Waals surface area contributed by atoms with E-state index >= 15 is 0 Å². The third-order valence-corrected chi connectivity index (χ3v) is 5.10. The third kappa shape index (κ3) is 5.29. The molecule has 1 aliphatic rings. The fourth-order valence-corrected chi connectivity index (χ4v) is 3.65. The third-order valence-electron chi connectivity index (χ3n) is 4.29. The van der Waals surface area contributed by atoms with Gasteiger partial charge >= 0.3 is 0 Å². The van der Waals surface area contributed by atoms with Crippen molar-refractivity contribution in [3.05, 3.63) is 35.9 Å². The summed E-state index contributed by atoms with van der Waals surface area (Å²) in [6.07, 6.45) is 0.866. The lowest BCUT2D eigenvalue weighted by Crippen LogP contribution is -2.53. The number of nitrogens with zero attached hydrogens (tertiary/aromatic N) is 5. The van der Waals surface area contributed by atoms with Crippen LogP contribution in [0.15, 0.2) is 29.3 Å². The van der Waals surface area contributed by atoms with E-state index in [2.05, 4.69) is 36.4 Å². The zero-order valence-electron chi connectivity index (χ0n) is 15.7. The molecule has 1 aromatic heterocycles. The molecule has 27 heavy (non-hydrogen) atoms. The number of benzene rings is 1. The minimum atomic E-state index is -0.296. The minimum Gasteiger partial charge on any atom is -0.492 e. The molecule has 3 rings (SSSR count). The molecule has 1 aliphatic heterocycles. The Kier molecular flexibility index (Phi) is 6.80. The van der Waals surface area contributed by atoms with Crippen LogP contribution < -0.4 is 15.0 Å². The smallest absolute Gasteiger partial charge is 0.205 e. The van der Waals surface area contributed by atoms with Crippen LogP contribution in [0.4, 0.5) is 9.52 Å². The fourth-order valence-electron chi connectivity index (χ4n) is 2.85. The topological polar surface area (TPSA) is 65.9 Å². The molecule has 0 aliphatic carbocycles. The quantitative estimate of drug-likeness (QED) is 0.461. The standard InChI is InChI=1S/C18H25FN6OS/c1-3-16-22-18(27-23-16)25-10-8-24(9-11-25)17(20-2)21-7-12-26-15-6-4-5-14(19)13-15/h4-6,13H,3,7-12H2,1-2H3,(H,20,21). The fraction of sp³-hybridized carbons (Fsp3) is 0.500. The minimum absolute atomic E-state index is 0.296. The zero-order valence-corrected chi connectivity index (χ0v) is 16.5. The number of hydrogen-bond acceptors (Lipinski definition) is 6. The molecule has 146 valence electrons. The zero-order chi connectivity index (χ0) is 19.1. The molecule has 1 N–H and O–H groups in total.